The van der Waals surface area contributed by atoms with Gasteiger partial charge < -0.3 is 5.32 Å². The second kappa shape index (κ2) is 6.95. The van der Waals surface area contributed by atoms with Gasteiger partial charge in [0.25, 0.3) is 0 Å². The molecule has 4 rings (SSSR count). The van der Waals surface area contributed by atoms with Crippen LogP contribution < -0.4 is 11.0 Å². The van der Waals surface area contributed by atoms with Crippen molar-refractivity contribution >= 4 is 5.91 Å². The average Bonchev–Trinajstić information content (AvgIpc) is 3.28. The molecule has 1 aromatic carbocycles. The van der Waals surface area contributed by atoms with Crippen LogP contribution in [-0.2, 0) is 17.9 Å². The first kappa shape index (κ1) is 16.2. The van der Waals surface area contributed by atoms with Gasteiger partial charge in [0.15, 0.2) is 0 Å². The molecular formula is C17H19N7O2. The molecule has 9 heteroatoms. The number of benzene rings is 1. The van der Waals surface area contributed by atoms with Gasteiger partial charge >= 0.3 is 5.69 Å². The number of aromatic nitrogens is 6. The van der Waals surface area contributed by atoms with Gasteiger partial charge in [-0.3, -0.25) is 4.79 Å². The first-order valence-corrected chi connectivity index (χ1v) is 8.56. The number of amides is 1. The zero-order valence-corrected chi connectivity index (χ0v) is 14.2. The zero-order chi connectivity index (χ0) is 17.9. The molecule has 2 heterocycles. The zero-order valence-electron chi connectivity index (χ0n) is 14.2. The molecule has 2 aromatic heterocycles. The van der Waals surface area contributed by atoms with E-state index in [2.05, 4.69) is 20.5 Å². The van der Waals surface area contributed by atoms with Gasteiger partial charge in [-0.15, -0.1) is 0 Å². The molecule has 1 amide bonds. The molecular weight excluding hydrogens is 334 g/mol. The van der Waals surface area contributed by atoms with E-state index in [4.69, 9.17) is 0 Å². The Labute approximate surface area is 149 Å². The van der Waals surface area contributed by atoms with Gasteiger partial charge in [0.05, 0.1) is 12.2 Å². The SMILES string of the molecule is O=C(Cn1cncn1)NCCn1nc(C2CC2)n(-c2ccccc2)c1=O. The van der Waals surface area contributed by atoms with E-state index in [1.54, 1.807) is 4.57 Å². The Balaban J connectivity index is 1.45. The van der Waals surface area contributed by atoms with Crippen LogP contribution in [0, 0.1) is 0 Å². The van der Waals surface area contributed by atoms with Crippen molar-refractivity contribution in [3.8, 4) is 5.69 Å². The predicted octanol–water partition coefficient (Wildman–Crippen LogP) is 0.319. The highest BCUT2D eigenvalue weighted by Crippen LogP contribution is 2.39. The van der Waals surface area contributed by atoms with Gasteiger partial charge in [0.1, 0.15) is 25.0 Å². The fourth-order valence-electron chi connectivity index (χ4n) is 2.81. The molecule has 1 aliphatic rings. The van der Waals surface area contributed by atoms with E-state index in [1.807, 2.05) is 30.3 Å². The minimum absolute atomic E-state index is 0.0979. The van der Waals surface area contributed by atoms with E-state index in [9.17, 15) is 9.59 Å². The molecule has 9 nitrogen and oxygen atoms in total. The third-order valence-corrected chi connectivity index (χ3v) is 4.24. The normalized spacial score (nSPS) is 13.7. The van der Waals surface area contributed by atoms with Crippen molar-refractivity contribution < 1.29 is 4.79 Å². The molecule has 0 bridgehead atoms. The maximum atomic E-state index is 12.8. The highest BCUT2D eigenvalue weighted by molar-refractivity contribution is 5.75. The van der Waals surface area contributed by atoms with Gasteiger partial charge in [-0.05, 0) is 25.0 Å². The smallest absolute Gasteiger partial charge is 0.350 e. The van der Waals surface area contributed by atoms with Crippen LogP contribution in [0.2, 0.25) is 0 Å². The summed E-state index contributed by atoms with van der Waals surface area (Å²) in [6.07, 6.45) is 4.96. The average molecular weight is 353 g/mol. The summed E-state index contributed by atoms with van der Waals surface area (Å²) in [5.41, 5.74) is 0.643. The highest BCUT2D eigenvalue weighted by atomic mass is 16.2. The summed E-state index contributed by atoms with van der Waals surface area (Å²) in [4.78, 5) is 28.5. The molecule has 1 N–H and O–H groups in total. The molecule has 0 atom stereocenters. The summed E-state index contributed by atoms with van der Waals surface area (Å²) in [7, 11) is 0. The van der Waals surface area contributed by atoms with Crippen molar-refractivity contribution in [1.82, 2.24) is 34.4 Å². The van der Waals surface area contributed by atoms with E-state index in [0.29, 0.717) is 19.0 Å². The molecule has 0 radical (unpaired) electrons. The van der Waals surface area contributed by atoms with Crippen LogP contribution in [0.3, 0.4) is 0 Å². The topological polar surface area (TPSA) is 99.6 Å². The minimum atomic E-state index is -0.187. The lowest BCUT2D eigenvalue weighted by molar-refractivity contribution is -0.121. The summed E-state index contributed by atoms with van der Waals surface area (Å²) in [6.45, 7) is 0.742. The van der Waals surface area contributed by atoms with Gasteiger partial charge in [0.2, 0.25) is 5.91 Å². The van der Waals surface area contributed by atoms with Crippen LogP contribution >= 0.6 is 0 Å². The Kier molecular flexibility index (Phi) is 4.34. The largest absolute Gasteiger partial charge is 0.353 e. The van der Waals surface area contributed by atoms with E-state index >= 15 is 0 Å². The number of carbonyl (C=O) groups excluding carboxylic acids is 1. The molecule has 0 saturated heterocycles. The summed E-state index contributed by atoms with van der Waals surface area (Å²) >= 11 is 0. The monoisotopic (exact) mass is 353 g/mol. The second-order valence-electron chi connectivity index (χ2n) is 6.25. The molecule has 26 heavy (non-hydrogen) atoms. The first-order chi connectivity index (χ1) is 12.7. The number of nitrogens with zero attached hydrogens (tertiary/aromatic N) is 6. The Morgan fingerprint density at radius 3 is 2.73 bits per heavy atom. The molecule has 0 spiro atoms. The quantitative estimate of drug-likeness (QED) is 0.659. The van der Waals surface area contributed by atoms with E-state index in [0.717, 1.165) is 24.4 Å². The molecule has 3 aromatic rings. The lowest BCUT2D eigenvalue weighted by Crippen LogP contribution is -2.33. The molecule has 134 valence electrons. The van der Waals surface area contributed by atoms with E-state index in [-0.39, 0.29) is 18.1 Å². The summed E-state index contributed by atoms with van der Waals surface area (Å²) < 4.78 is 4.54. The number of para-hydroxylation sites is 1. The van der Waals surface area contributed by atoms with Crippen LogP contribution in [-0.4, -0.2) is 41.6 Å². The number of carbonyl (C=O) groups is 1. The maximum absolute atomic E-state index is 12.8. The summed E-state index contributed by atoms with van der Waals surface area (Å²) in [5.74, 6) is 0.953. The fourth-order valence-corrected chi connectivity index (χ4v) is 2.81. The number of hydrogen-bond donors (Lipinski definition) is 1. The van der Waals surface area contributed by atoms with E-state index in [1.165, 1.54) is 22.0 Å². The number of hydrogen-bond acceptors (Lipinski definition) is 5. The molecule has 1 saturated carbocycles. The van der Waals surface area contributed by atoms with Crippen molar-refractivity contribution in [1.29, 1.82) is 0 Å². The third-order valence-electron chi connectivity index (χ3n) is 4.24. The van der Waals surface area contributed by atoms with Crippen LogP contribution in [0.5, 0.6) is 0 Å². The van der Waals surface area contributed by atoms with Crippen LogP contribution in [0.1, 0.15) is 24.6 Å². The number of nitrogens with one attached hydrogen (secondary N) is 1. The standard InChI is InChI=1S/C17H19N7O2/c25-15(10-22-12-18-11-20-22)19-8-9-23-17(26)24(14-4-2-1-3-5-14)16(21-23)13-6-7-13/h1-5,11-13H,6-10H2,(H,19,25). The Morgan fingerprint density at radius 1 is 1.23 bits per heavy atom. The third kappa shape index (κ3) is 3.41. The van der Waals surface area contributed by atoms with Crippen molar-refractivity contribution in [2.45, 2.75) is 31.8 Å². The first-order valence-electron chi connectivity index (χ1n) is 8.56. The number of rotatable bonds is 7. The molecule has 0 aliphatic heterocycles. The van der Waals surface area contributed by atoms with Crippen molar-refractivity contribution in [2.75, 3.05) is 6.54 Å². The Hall–Kier alpha value is -3.23. The maximum Gasteiger partial charge on any atom is 0.350 e. The summed E-state index contributed by atoms with van der Waals surface area (Å²) in [5, 5.41) is 11.2. The van der Waals surface area contributed by atoms with Gasteiger partial charge in [0, 0.05) is 12.5 Å². The lowest BCUT2D eigenvalue weighted by atomic mass is 10.3. The molecule has 1 aliphatic carbocycles. The van der Waals surface area contributed by atoms with Gasteiger partial charge in [-0.1, -0.05) is 18.2 Å². The fraction of sp³-hybridized carbons (Fsp3) is 0.353. The van der Waals surface area contributed by atoms with Gasteiger partial charge in [-0.2, -0.15) is 10.2 Å². The Bertz CT molecular complexity index is 939. The van der Waals surface area contributed by atoms with Crippen molar-refractivity contribution in [3.05, 3.63) is 59.3 Å². The van der Waals surface area contributed by atoms with Crippen molar-refractivity contribution in [2.24, 2.45) is 0 Å². The predicted molar refractivity (Wildman–Crippen MR) is 92.8 cm³/mol. The Morgan fingerprint density at radius 2 is 2.04 bits per heavy atom. The van der Waals surface area contributed by atoms with Gasteiger partial charge in [-0.25, -0.2) is 23.7 Å². The van der Waals surface area contributed by atoms with Crippen molar-refractivity contribution in [3.63, 3.8) is 0 Å². The molecule has 1 fully saturated rings. The lowest BCUT2D eigenvalue weighted by Gasteiger charge is -2.04. The van der Waals surface area contributed by atoms with Crippen LogP contribution in [0.4, 0.5) is 0 Å². The van der Waals surface area contributed by atoms with E-state index < -0.39 is 0 Å². The summed E-state index contributed by atoms with van der Waals surface area (Å²) in [6, 6.07) is 9.53. The van der Waals surface area contributed by atoms with Crippen LogP contribution in [0.15, 0.2) is 47.8 Å². The second-order valence-corrected chi connectivity index (χ2v) is 6.25. The minimum Gasteiger partial charge on any atom is -0.353 e. The van der Waals surface area contributed by atoms with Crippen LogP contribution in [0.25, 0.3) is 5.69 Å². The highest BCUT2D eigenvalue weighted by Gasteiger charge is 2.31. The molecule has 0 unspecified atom stereocenters.